The minimum Gasteiger partial charge on any atom is -0.328 e. The molecule has 2 aromatic carbocycles. The number of hydrogen-bond acceptors (Lipinski definition) is 1. The van der Waals surface area contributed by atoms with Crippen LogP contribution < -0.4 is 4.90 Å². The summed E-state index contributed by atoms with van der Waals surface area (Å²) in [5, 5.41) is 0. The number of piperidine rings is 1. The number of likely N-dealkylation sites (tertiary alicyclic amines) is 1. The summed E-state index contributed by atoms with van der Waals surface area (Å²) in [5.41, 5.74) is 3.09. The SMILES string of the molecule is c1ccc2c(c1)C[C@@H]([NH+]1CCCCC1)c1ccccc1S2. The first kappa shape index (κ1) is 13.4. The van der Waals surface area contributed by atoms with E-state index >= 15 is 0 Å². The third-order valence-electron chi connectivity index (χ3n) is 4.90. The Morgan fingerprint density at radius 2 is 1.52 bits per heavy atom. The molecule has 1 saturated heterocycles. The van der Waals surface area contributed by atoms with E-state index in [1.165, 1.54) is 54.1 Å². The van der Waals surface area contributed by atoms with Crippen LogP contribution in [0.1, 0.15) is 36.4 Å². The summed E-state index contributed by atoms with van der Waals surface area (Å²) < 4.78 is 0. The summed E-state index contributed by atoms with van der Waals surface area (Å²) >= 11 is 1.96. The summed E-state index contributed by atoms with van der Waals surface area (Å²) in [7, 11) is 0. The Hall–Kier alpha value is -1.25. The molecule has 2 aliphatic rings. The quantitative estimate of drug-likeness (QED) is 0.844. The van der Waals surface area contributed by atoms with Gasteiger partial charge in [-0.05, 0) is 37.0 Å². The van der Waals surface area contributed by atoms with Gasteiger partial charge >= 0.3 is 0 Å². The smallest absolute Gasteiger partial charge is 0.118 e. The zero-order valence-electron chi connectivity index (χ0n) is 12.3. The topological polar surface area (TPSA) is 4.44 Å². The molecule has 0 aromatic heterocycles. The zero-order chi connectivity index (χ0) is 14.1. The van der Waals surface area contributed by atoms with Crippen molar-refractivity contribution in [2.45, 2.75) is 41.5 Å². The maximum absolute atomic E-state index is 2.36. The Balaban J connectivity index is 1.78. The molecule has 21 heavy (non-hydrogen) atoms. The van der Waals surface area contributed by atoms with E-state index in [4.69, 9.17) is 0 Å². The van der Waals surface area contributed by atoms with Crippen molar-refractivity contribution in [2.75, 3.05) is 13.1 Å². The van der Waals surface area contributed by atoms with Crippen LogP contribution in [0.2, 0.25) is 0 Å². The molecule has 1 N–H and O–H groups in total. The first-order valence-electron chi connectivity index (χ1n) is 8.11. The van der Waals surface area contributed by atoms with Gasteiger partial charge in [0.25, 0.3) is 0 Å². The molecule has 0 radical (unpaired) electrons. The molecule has 0 saturated carbocycles. The number of nitrogens with one attached hydrogen (secondary N) is 1. The zero-order valence-corrected chi connectivity index (χ0v) is 13.2. The van der Waals surface area contributed by atoms with E-state index in [0.717, 1.165) is 0 Å². The van der Waals surface area contributed by atoms with Gasteiger partial charge < -0.3 is 4.90 Å². The number of fused-ring (bicyclic) bond motifs is 2. The highest BCUT2D eigenvalue weighted by Crippen LogP contribution is 2.39. The molecular weight excluding hydrogens is 274 g/mol. The van der Waals surface area contributed by atoms with E-state index < -0.39 is 0 Å². The van der Waals surface area contributed by atoms with Gasteiger partial charge in [-0.15, -0.1) is 0 Å². The third-order valence-corrected chi connectivity index (χ3v) is 6.11. The molecule has 0 spiro atoms. The minimum absolute atomic E-state index is 0.637. The van der Waals surface area contributed by atoms with E-state index in [1.807, 2.05) is 11.8 Å². The summed E-state index contributed by atoms with van der Waals surface area (Å²) in [6, 6.07) is 18.7. The predicted octanol–water partition coefficient (Wildman–Crippen LogP) is 3.50. The van der Waals surface area contributed by atoms with Crippen LogP contribution in [0.4, 0.5) is 0 Å². The van der Waals surface area contributed by atoms with Crippen molar-refractivity contribution in [2.24, 2.45) is 0 Å². The molecule has 4 rings (SSSR count). The minimum atomic E-state index is 0.637. The summed E-state index contributed by atoms with van der Waals surface area (Å²) in [5.74, 6) is 0. The van der Waals surface area contributed by atoms with Gasteiger partial charge in [-0.3, -0.25) is 0 Å². The van der Waals surface area contributed by atoms with Crippen molar-refractivity contribution in [3.63, 3.8) is 0 Å². The highest BCUT2D eigenvalue weighted by molar-refractivity contribution is 7.99. The summed E-state index contributed by atoms with van der Waals surface area (Å²) in [4.78, 5) is 4.71. The van der Waals surface area contributed by atoms with Crippen molar-refractivity contribution >= 4 is 11.8 Å². The van der Waals surface area contributed by atoms with Gasteiger partial charge in [-0.25, -0.2) is 0 Å². The van der Waals surface area contributed by atoms with Crippen LogP contribution in [0.5, 0.6) is 0 Å². The van der Waals surface area contributed by atoms with E-state index in [9.17, 15) is 0 Å². The molecule has 108 valence electrons. The van der Waals surface area contributed by atoms with Crippen LogP contribution in [0, 0.1) is 0 Å². The van der Waals surface area contributed by atoms with E-state index in [0.29, 0.717) is 6.04 Å². The summed E-state index contributed by atoms with van der Waals surface area (Å²) in [6.07, 6.45) is 5.39. The second-order valence-corrected chi connectivity index (χ2v) is 7.31. The molecule has 1 fully saturated rings. The van der Waals surface area contributed by atoms with Crippen LogP contribution in [0.25, 0.3) is 0 Å². The molecule has 2 aromatic rings. The molecule has 0 unspecified atom stereocenters. The molecule has 2 heteroatoms. The van der Waals surface area contributed by atoms with Gasteiger partial charge in [-0.1, -0.05) is 48.2 Å². The van der Waals surface area contributed by atoms with Gasteiger partial charge in [0.2, 0.25) is 0 Å². The number of rotatable bonds is 1. The number of quaternary nitrogens is 1. The van der Waals surface area contributed by atoms with Crippen LogP contribution in [-0.2, 0) is 6.42 Å². The second-order valence-electron chi connectivity index (χ2n) is 6.22. The fraction of sp³-hybridized carbons (Fsp3) is 0.368. The highest BCUT2D eigenvalue weighted by atomic mass is 32.2. The Labute approximate surface area is 131 Å². The molecule has 1 atom stereocenters. The molecule has 1 nitrogen and oxygen atoms in total. The van der Waals surface area contributed by atoms with Gasteiger partial charge in [0.05, 0.1) is 13.1 Å². The molecule has 2 aliphatic heterocycles. The molecule has 2 heterocycles. The lowest BCUT2D eigenvalue weighted by molar-refractivity contribution is -0.936. The van der Waals surface area contributed by atoms with Crippen molar-refractivity contribution in [1.29, 1.82) is 0 Å². The van der Waals surface area contributed by atoms with Gasteiger partial charge in [0.1, 0.15) is 6.04 Å². The second kappa shape index (κ2) is 5.86. The maximum Gasteiger partial charge on any atom is 0.118 e. The van der Waals surface area contributed by atoms with Crippen molar-refractivity contribution < 1.29 is 4.90 Å². The fourth-order valence-electron chi connectivity index (χ4n) is 3.80. The normalized spacial score (nSPS) is 22.2. The lowest BCUT2D eigenvalue weighted by Gasteiger charge is -2.32. The Morgan fingerprint density at radius 1 is 0.810 bits per heavy atom. The molecule has 0 aliphatic carbocycles. The van der Waals surface area contributed by atoms with Crippen molar-refractivity contribution in [3.05, 3.63) is 59.7 Å². The lowest BCUT2D eigenvalue weighted by Crippen LogP contribution is -3.13. The molecule has 0 bridgehead atoms. The Bertz CT molecular complexity index is 631. The van der Waals surface area contributed by atoms with Gasteiger partial charge in [0.15, 0.2) is 0 Å². The summed E-state index contributed by atoms with van der Waals surface area (Å²) in [6.45, 7) is 2.68. The standard InChI is InChI=1S/C19H21NS/c1-6-12-20(13-7-1)17-14-15-8-2-4-10-18(15)21-19-11-5-3-9-16(17)19/h2-5,8-11,17H,1,6-7,12-14H2/p+1/t17-/m1/s1. The van der Waals surface area contributed by atoms with Crippen molar-refractivity contribution in [1.82, 2.24) is 0 Å². The van der Waals surface area contributed by atoms with Gasteiger partial charge in [-0.2, -0.15) is 0 Å². The largest absolute Gasteiger partial charge is 0.328 e. The average molecular weight is 296 g/mol. The van der Waals surface area contributed by atoms with E-state index in [2.05, 4.69) is 48.5 Å². The number of hydrogen-bond donors (Lipinski definition) is 1. The first-order valence-corrected chi connectivity index (χ1v) is 8.93. The Morgan fingerprint density at radius 3 is 2.38 bits per heavy atom. The van der Waals surface area contributed by atoms with Crippen LogP contribution in [0.15, 0.2) is 58.3 Å². The molecular formula is C19H22NS+. The van der Waals surface area contributed by atoms with E-state index in [-0.39, 0.29) is 0 Å². The predicted molar refractivity (Wildman–Crippen MR) is 88.0 cm³/mol. The van der Waals surface area contributed by atoms with E-state index in [1.54, 1.807) is 10.5 Å². The molecule has 0 amide bonds. The van der Waals surface area contributed by atoms with Crippen molar-refractivity contribution in [3.8, 4) is 0 Å². The third kappa shape index (κ3) is 2.63. The fourth-order valence-corrected chi connectivity index (χ4v) is 4.94. The first-order chi connectivity index (χ1) is 10.4. The Kier molecular flexibility index (Phi) is 3.74. The van der Waals surface area contributed by atoms with Gasteiger partial charge in [0, 0.05) is 21.8 Å². The number of benzene rings is 2. The van der Waals surface area contributed by atoms with Crippen LogP contribution >= 0.6 is 11.8 Å². The average Bonchev–Trinajstić information content (AvgIpc) is 2.72. The van der Waals surface area contributed by atoms with Crippen LogP contribution in [-0.4, -0.2) is 13.1 Å². The van der Waals surface area contributed by atoms with Crippen LogP contribution in [0.3, 0.4) is 0 Å². The monoisotopic (exact) mass is 296 g/mol. The maximum atomic E-state index is 2.36. The lowest BCUT2D eigenvalue weighted by atomic mass is 9.95. The highest BCUT2D eigenvalue weighted by Gasteiger charge is 2.31.